The van der Waals surface area contributed by atoms with Gasteiger partial charge in [-0.1, -0.05) is 31.0 Å². The Labute approximate surface area is 96.7 Å². The Morgan fingerprint density at radius 1 is 1.40 bits per heavy atom. The van der Waals surface area contributed by atoms with Gasteiger partial charge in [-0.3, -0.25) is 0 Å². The van der Waals surface area contributed by atoms with E-state index in [9.17, 15) is 0 Å². The molecule has 15 heavy (non-hydrogen) atoms. The van der Waals surface area contributed by atoms with Crippen LogP contribution in [-0.4, -0.2) is 12.3 Å². The first-order chi connectivity index (χ1) is 7.26. The second-order valence-corrected chi connectivity index (χ2v) is 5.53. The van der Waals surface area contributed by atoms with Crippen LogP contribution in [0, 0.1) is 6.92 Å². The van der Waals surface area contributed by atoms with Crippen molar-refractivity contribution in [1.82, 2.24) is 5.32 Å². The van der Waals surface area contributed by atoms with Gasteiger partial charge in [-0.25, -0.2) is 0 Å². The zero-order valence-electron chi connectivity index (χ0n) is 9.71. The van der Waals surface area contributed by atoms with Gasteiger partial charge in [0.05, 0.1) is 0 Å². The molecular weight excluding hydrogens is 202 g/mol. The molecule has 2 unspecified atom stereocenters. The smallest absolute Gasteiger partial charge is 0.0452 e. The Balaban J connectivity index is 2.29. The number of hydrogen-bond donors (Lipinski definition) is 1. The van der Waals surface area contributed by atoms with Gasteiger partial charge in [0.2, 0.25) is 0 Å². The summed E-state index contributed by atoms with van der Waals surface area (Å²) in [5, 5.41) is 4.18. The lowest BCUT2D eigenvalue weighted by Crippen LogP contribution is -2.23. The highest BCUT2D eigenvalue weighted by atomic mass is 32.2. The summed E-state index contributed by atoms with van der Waals surface area (Å²) in [6.07, 6.45) is 2.56. The van der Waals surface area contributed by atoms with E-state index >= 15 is 0 Å². The van der Waals surface area contributed by atoms with Crippen LogP contribution in [0.25, 0.3) is 0 Å². The molecule has 1 heterocycles. The zero-order chi connectivity index (χ0) is 10.8. The van der Waals surface area contributed by atoms with E-state index in [0.29, 0.717) is 6.04 Å². The summed E-state index contributed by atoms with van der Waals surface area (Å²) in [5.74, 6) is 0. The fourth-order valence-electron chi connectivity index (χ4n) is 2.30. The summed E-state index contributed by atoms with van der Waals surface area (Å²) in [5.41, 5.74) is 2.87. The second-order valence-electron chi connectivity index (χ2n) is 4.25. The quantitative estimate of drug-likeness (QED) is 0.838. The molecule has 1 aliphatic heterocycles. The van der Waals surface area contributed by atoms with E-state index in [0.717, 1.165) is 5.25 Å². The maximum absolute atomic E-state index is 3.46. The van der Waals surface area contributed by atoms with Crippen LogP contribution in [0.2, 0.25) is 0 Å². The monoisotopic (exact) mass is 221 g/mol. The van der Waals surface area contributed by atoms with Gasteiger partial charge in [-0.2, -0.15) is 0 Å². The van der Waals surface area contributed by atoms with Crippen molar-refractivity contribution < 1.29 is 0 Å². The van der Waals surface area contributed by atoms with E-state index < -0.39 is 0 Å². The van der Waals surface area contributed by atoms with Crippen molar-refractivity contribution in [3.63, 3.8) is 0 Å². The maximum atomic E-state index is 3.46. The molecule has 0 spiro atoms. The molecule has 1 nitrogen and oxygen atoms in total. The van der Waals surface area contributed by atoms with E-state index in [1.54, 1.807) is 0 Å². The topological polar surface area (TPSA) is 12.0 Å². The Bertz CT molecular complexity index is 348. The SMILES string of the molecule is CCCC1Sc2ccc(C)cc2C1NC. The summed E-state index contributed by atoms with van der Waals surface area (Å²) in [7, 11) is 2.07. The predicted molar refractivity (Wildman–Crippen MR) is 67.5 cm³/mol. The lowest BCUT2D eigenvalue weighted by molar-refractivity contribution is 0.544. The number of aryl methyl sites for hydroxylation is 1. The molecule has 2 atom stereocenters. The molecule has 2 rings (SSSR count). The third-order valence-corrected chi connectivity index (χ3v) is 4.47. The molecule has 0 amide bonds. The van der Waals surface area contributed by atoms with E-state index in [-0.39, 0.29) is 0 Å². The number of hydrogen-bond acceptors (Lipinski definition) is 2. The van der Waals surface area contributed by atoms with Crippen molar-refractivity contribution >= 4 is 11.8 Å². The van der Waals surface area contributed by atoms with E-state index in [2.05, 4.69) is 44.4 Å². The highest BCUT2D eigenvalue weighted by molar-refractivity contribution is 8.00. The summed E-state index contributed by atoms with van der Waals surface area (Å²) < 4.78 is 0. The van der Waals surface area contributed by atoms with Crippen molar-refractivity contribution in [2.24, 2.45) is 0 Å². The minimum atomic E-state index is 0.546. The number of nitrogens with one attached hydrogen (secondary N) is 1. The largest absolute Gasteiger partial charge is 0.312 e. The van der Waals surface area contributed by atoms with Gasteiger partial charge in [0.15, 0.2) is 0 Å². The highest BCUT2D eigenvalue weighted by Gasteiger charge is 2.31. The summed E-state index contributed by atoms with van der Waals surface area (Å²) >= 11 is 2.04. The molecule has 1 aromatic carbocycles. The van der Waals surface area contributed by atoms with Crippen molar-refractivity contribution in [2.75, 3.05) is 7.05 Å². The minimum Gasteiger partial charge on any atom is -0.312 e. The number of rotatable bonds is 3. The van der Waals surface area contributed by atoms with Crippen LogP contribution < -0.4 is 5.32 Å². The van der Waals surface area contributed by atoms with Gasteiger partial charge < -0.3 is 5.32 Å². The van der Waals surface area contributed by atoms with E-state index in [1.165, 1.54) is 28.9 Å². The Morgan fingerprint density at radius 2 is 2.20 bits per heavy atom. The van der Waals surface area contributed by atoms with Crippen LogP contribution in [0.3, 0.4) is 0 Å². The Hall–Kier alpha value is -0.470. The summed E-state index contributed by atoms with van der Waals surface area (Å²) in [6.45, 7) is 4.44. The van der Waals surface area contributed by atoms with Gasteiger partial charge in [-0.15, -0.1) is 11.8 Å². The Morgan fingerprint density at radius 3 is 2.87 bits per heavy atom. The molecule has 0 aromatic heterocycles. The average Bonchev–Trinajstić information content (AvgIpc) is 2.55. The van der Waals surface area contributed by atoms with Crippen molar-refractivity contribution in [3.8, 4) is 0 Å². The molecule has 0 fully saturated rings. The first kappa shape index (κ1) is 11.0. The summed E-state index contributed by atoms with van der Waals surface area (Å²) in [6, 6.07) is 7.37. The lowest BCUT2D eigenvalue weighted by Gasteiger charge is -2.18. The van der Waals surface area contributed by atoms with Crippen LogP contribution >= 0.6 is 11.8 Å². The molecule has 1 N–H and O–H groups in total. The standard InChI is InChI=1S/C13H19NS/c1-4-5-12-13(14-3)10-8-9(2)6-7-11(10)15-12/h6-8,12-14H,4-5H2,1-3H3. The third kappa shape index (κ3) is 2.06. The molecular formula is C13H19NS. The fourth-order valence-corrected chi connectivity index (χ4v) is 3.87. The first-order valence-corrected chi connectivity index (χ1v) is 6.58. The van der Waals surface area contributed by atoms with Gasteiger partial charge in [0, 0.05) is 16.2 Å². The molecule has 0 saturated carbocycles. The van der Waals surface area contributed by atoms with Crippen LogP contribution in [0.1, 0.15) is 36.9 Å². The van der Waals surface area contributed by atoms with Crippen molar-refractivity contribution in [3.05, 3.63) is 29.3 Å². The molecule has 0 radical (unpaired) electrons. The van der Waals surface area contributed by atoms with Crippen LogP contribution in [0.5, 0.6) is 0 Å². The van der Waals surface area contributed by atoms with Gasteiger partial charge in [-0.05, 0) is 32.0 Å². The first-order valence-electron chi connectivity index (χ1n) is 5.70. The number of benzene rings is 1. The van der Waals surface area contributed by atoms with Gasteiger partial charge in [0.25, 0.3) is 0 Å². The predicted octanol–water partition coefficient (Wildman–Crippen LogP) is 3.53. The lowest BCUT2D eigenvalue weighted by atomic mass is 10.00. The van der Waals surface area contributed by atoms with Crippen molar-refractivity contribution in [2.45, 2.75) is 42.9 Å². The van der Waals surface area contributed by atoms with Gasteiger partial charge in [0.1, 0.15) is 0 Å². The minimum absolute atomic E-state index is 0.546. The van der Waals surface area contributed by atoms with Crippen LogP contribution in [0.4, 0.5) is 0 Å². The molecule has 0 bridgehead atoms. The Kier molecular flexibility index (Phi) is 3.37. The fraction of sp³-hybridized carbons (Fsp3) is 0.538. The molecule has 1 aliphatic rings. The second kappa shape index (κ2) is 4.58. The van der Waals surface area contributed by atoms with Crippen LogP contribution in [-0.2, 0) is 0 Å². The molecule has 0 saturated heterocycles. The normalized spacial score (nSPS) is 24.2. The average molecular weight is 221 g/mol. The van der Waals surface area contributed by atoms with Crippen LogP contribution in [0.15, 0.2) is 23.1 Å². The van der Waals surface area contributed by atoms with Crippen molar-refractivity contribution in [1.29, 1.82) is 0 Å². The highest BCUT2D eigenvalue weighted by Crippen LogP contribution is 2.45. The van der Waals surface area contributed by atoms with E-state index in [4.69, 9.17) is 0 Å². The number of fused-ring (bicyclic) bond motifs is 1. The van der Waals surface area contributed by atoms with Gasteiger partial charge >= 0.3 is 0 Å². The number of thioether (sulfide) groups is 1. The maximum Gasteiger partial charge on any atom is 0.0452 e. The third-order valence-electron chi connectivity index (χ3n) is 3.03. The zero-order valence-corrected chi connectivity index (χ0v) is 10.5. The molecule has 82 valence electrons. The summed E-state index contributed by atoms with van der Waals surface area (Å²) in [4.78, 5) is 1.47. The molecule has 1 aromatic rings. The molecule has 0 aliphatic carbocycles. The van der Waals surface area contributed by atoms with E-state index in [1.807, 2.05) is 11.8 Å². The molecule has 2 heteroatoms.